The summed E-state index contributed by atoms with van der Waals surface area (Å²) in [6.07, 6.45) is 5.05. The minimum atomic E-state index is 0.424. The maximum absolute atomic E-state index is 10.00. The van der Waals surface area contributed by atoms with Crippen molar-refractivity contribution >= 4 is 45.2 Å². The van der Waals surface area contributed by atoms with Crippen LogP contribution >= 0.6 is 45.2 Å². The molecule has 0 amide bonds. The van der Waals surface area contributed by atoms with Crippen molar-refractivity contribution in [1.82, 2.24) is 10.2 Å². The molecule has 3 nitrogen and oxygen atoms in total. The molecule has 1 aliphatic rings. The number of aromatic hydroxyl groups is 1. The zero-order valence-electron chi connectivity index (χ0n) is 12.5. The lowest BCUT2D eigenvalue weighted by Gasteiger charge is -2.35. The molecule has 0 unspecified atom stereocenters. The van der Waals surface area contributed by atoms with E-state index in [1.807, 2.05) is 0 Å². The van der Waals surface area contributed by atoms with Gasteiger partial charge in [0.05, 0.1) is 7.14 Å². The molecule has 118 valence electrons. The molecule has 0 radical (unpaired) electrons. The second-order valence-corrected chi connectivity index (χ2v) is 7.96. The van der Waals surface area contributed by atoms with Crippen LogP contribution in [0.15, 0.2) is 12.1 Å². The molecule has 0 saturated carbocycles. The maximum Gasteiger partial charge on any atom is 0.142 e. The Labute approximate surface area is 155 Å². The van der Waals surface area contributed by atoms with Gasteiger partial charge in [-0.1, -0.05) is 26.2 Å². The van der Waals surface area contributed by atoms with Gasteiger partial charge < -0.3 is 10.4 Å². The lowest BCUT2D eigenvalue weighted by Crippen LogP contribution is -2.45. The van der Waals surface area contributed by atoms with Crippen LogP contribution in [-0.2, 0) is 0 Å². The van der Waals surface area contributed by atoms with Crippen molar-refractivity contribution in [2.45, 2.75) is 38.6 Å². The Morgan fingerprint density at radius 2 is 1.81 bits per heavy atom. The second-order valence-electron chi connectivity index (χ2n) is 5.63. The third kappa shape index (κ3) is 4.94. The van der Waals surface area contributed by atoms with Gasteiger partial charge in [-0.3, -0.25) is 4.90 Å². The Bertz CT molecular complexity index is 439. The zero-order chi connectivity index (χ0) is 15.2. The fourth-order valence-electron chi connectivity index (χ4n) is 2.92. The molecule has 1 aromatic carbocycles. The number of nitrogens with one attached hydrogen (secondary N) is 1. The van der Waals surface area contributed by atoms with E-state index >= 15 is 0 Å². The van der Waals surface area contributed by atoms with Gasteiger partial charge in [0.25, 0.3) is 0 Å². The standard InChI is InChI=1S/C16H24I2N2O/c1-2-3-4-5-15(20-8-6-19-7-9-20)12-10-13(17)16(21)14(18)11-12/h10-11,15,19,21H,2-9H2,1H3/t15-/m0/s1. The topological polar surface area (TPSA) is 35.5 Å². The van der Waals surface area contributed by atoms with Crippen molar-refractivity contribution in [3.05, 3.63) is 24.8 Å². The molecular formula is C16H24I2N2O. The summed E-state index contributed by atoms with van der Waals surface area (Å²) in [5, 5.41) is 13.4. The molecule has 1 heterocycles. The molecule has 1 fully saturated rings. The van der Waals surface area contributed by atoms with Crippen molar-refractivity contribution in [2.24, 2.45) is 0 Å². The smallest absolute Gasteiger partial charge is 0.142 e. The first-order chi connectivity index (χ1) is 10.1. The van der Waals surface area contributed by atoms with Crippen molar-refractivity contribution in [3.8, 4) is 5.75 Å². The molecule has 0 bridgehead atoms. The first kappa shape index (κ1) is 17.7. The summed E-state index contributed by atoms with van der Waals surface area (Å²) in [6, 6.07) is 4.81. The largest absolute Gasteiger partial charge is 0.506 e. The molecule has 0 spiro atoms. The molecule has 5 heteroatoms. The maximum atomic E-state index is 10.00. The fourth-order valence-corrected chi connectivity index (χ4v) is 4.74. The summed E-state index contributed by atoms with van der Waals surface area (Å²) in [4.78, 5) is 2.60. The SMILES string of the molecule is CCCCC[C@@H](c1cc(I)c(O)c(I)c1)N1CCNCC1. The first-order valence-electron chi connectivity index (χ1n) is 7.76. The number of unbranched alkanes of at least 4 members (excludes halogenated alkanes) is 2. The van der Waals surface area contributed by atoms with E-state index in [9.17, 15) is 5.11 Å². The van der Waals surface area contributed by atoms with E-state index in [2.05, 4.69) is 74.5 Å². The van der Waals surface area contributed by atoms with Gasteiger partial charge in [-0.2, -0.15) is 0 Å². The number of phenolic OH excluding ortho intramolecular Hbond substituents is 1. The van der Waals surface area contributed by atoms with Crippen LogP contribution in [0, 0.1) is 7.14 Å². The summed E-state index contributed by atoms with van der Waals surface area (Å²) >= 11 is 4.48. The van der Waals surface area contributed by atoms with Gasteiger partial charge in [-0.15, -0.1) is 0 Å². The Morgan fingerprint density at radius 3 is 2.38 bits per heavy atom. The lowest BCUT2D eigenvalue weighted by molar-refractivity contribution is 0.162. The van der Waals surface area contributed by atoms with Gasteiger partial charge in [0.15, 0.2) is 0 Å². The highest BCUT2D eigenvalue weighted by molar-refractivity contribution is 14.1. The molecule has 0 aliphatic carbocycles. The molecular weight excluding hydrogens is 490 g/mol. The summed E-state index contributed by atoms with van der Waals surface area (Å²) in [7, 11) is 0. The third-order valence-electron chi connectivity index (χ3n) is 4.10. The predicted octanol–water partition coefficient (Wildman–Crippen LogP) is 4.13. The number of piperazine rings is 1. The van der Waals surface area contributed by atoms with E-state index in [1.165, 1.54) is 31.2 Å². The number of hydrogen-bond donors (Lipinski definition) is 2. The monoisotopic (exact) mass is 514 g/mol. The van der Waals surface area contributed by atoms with Crippen molar-refractivity contribution < 1.29 is 5.11 Å². The van der Waals surface area contributed by atoms with Gasteiger partial charge in [-0.25, -0.2) is 0 Å². The molecule has 1 aromatic rings. The highest BCUT2D eigenvalue weighted by Crippen LogP contribution is 2.34. The van der Waals surface area contributed by atoms with Crippen LogP contribution < -0.4 is 5.32 Å². The Kier molecular flexibility index (Phi) is 7.51. The van der Waals surface area contributed by atoms with Gasteiger partial charge in [0.1, 0.15) is 5.75 Å². The second kappa shape index (κ2) is 8.88. The summed E-state index contributed by atoms with van der Waals surface area (Å²) < 4.78 is 1.93. The quantitative estimate of drug-likeness (QED) is 0.443. The Balaban J connectivity index is 2.20. The number of benzene rings is 1. The Hall–Kier alpha value is 0.400. The normalized spacial score (nSPS) is 17.9. The zero-order valence-corrected chi connectivity index (χ0v) is 16.9. The Morgan fingerprint density at radius 1 is 1.19 bits per heavy atom. The minimum absolute atomic E-state index is 0.424. The highest BCUT2D eigenvalue weighted by atomic mass is 127. The van der Waals surface area contributed by atoms with Crippen LogP contribution in [0.3, 0.4) is 0 Å². The van der Waals surface area contributed by atoms with Crippen molar-refractivity contribution in [1.29, 1.82) is 0 Å². The van der Waals surface area contributed by atoms with E-state index < -0.39 is 0 Å². The molecule has 1 aliphatic heterocycles. The number of nitrogens with zero attached hydrogens (tertiary/aromatic N) is 1. The molecule has 1 saturated heterocycles. The van der Waals surface area contributed by atoms with Crippen molar-refractivity contribution in [2.75, 3.05) is 26.2 Å². The average Bonchev–Trinajstić information content (AvgIpc) is 2.50. The number of hydrogen-bond acceptors (Lipinski definition) is 3. The van der Waals surface area contributed by atoms with Gasteiger partial charge in [0.2, 0.25) is 0 Å². The van der Waals surface area contributed by atoms with E-state index in [4.69, 9.17) is 0 Å². The minimum Gasteiger partial charge on any atom is -0.506 e. The average molecular weight is 514 g/mol. The van der Waals surface area contributed by atoms with Crippen LogP contribution in [0.2, 0.25) is 0 Å². The molecule has 0 aromatic heterocycles. The highest BCUT2D eigenvalue weighted by Gasteiger charge is 2.23. The van der Waals surface area contributed by atoms with E-state index in [1.54, 1.807) is 0 Å². The van der Waals surface area contributed by atoms with Gasteiger partial charge >= 0.3 is 0 Å². The van der Waals surface area contributed by atoms with Crippen LogP contribution in [0.5, 0.6) is 5.75 Å². The van der Waals surface area contributed by atoms with Crippen LogP contribution in [0.1, 0.15) is 44.2 Å². The lowest BCUT2D eigenvalue weighted by atomic mass is 9.98. The first-order valence-corrected chi connectivity index (χ1v) is 9.92. The summed E-state index contributed by atoms with van der Waals surface area (Å²) in [5.41, 5.74) is 1.36. The number of phenols is 1. The third-order valence-corrected chi connectivity index (χ3v) is 5.74. The van der Waals surface area contributed by atoms with E-state index in [0.29, 0.717) is 11.8 Å². The van der Waals surface area contributed by atoms with Gasteiger partial charge in [-0.05, 0) is 69.3 Å². The van der Waals surface area contributed by atoms with E-state index in [0.717, 1.165) is 33.3 Å². The predicted molar refractivity (Wildman–Crippen MR) is 105 cm³/mol. The number of rotatable bonds is 6. The molecule has 21 heavy (non-hydrogen) atoms. The van der Waals surface area contributed by atoms with Crippen molar-refractivity contribution in [3.63, 3.8) is 0 Å². The number of halogens is 2. The summed E-state index contributed by atoms with van der Waals surface area (Å²) in [6.45, 7) is 6.65. The molecule has 1 atom stereocenters. The molecule has 2 N–H and O–H groups in total. The van der Waals surface area contributed by atoms with E-state index in [-0.39, 0.29) is 0 Å². The van der Waals surface area contributed by atoms with Gasteiger partial charge in [0, 0.05) is 32.2 Å². The van der Waals surface area contributed by atoms with Crippen LogP contribution in [0.25, 0.3) is 0 Å². The van der Waals surface area contributed by atoms with Crippen LogP contribution in [-0.4, -0.2) is 36.2 Å². The fraction of sp³-hybridized carbons (Fsp3) is 0.625. The molecule has 2 rings (SSSR count). The summed E-state index contributed by atoms with van der Waals surface area (Å²) in [5.74, 6) is 0.424. The van der Waals surface area contributed by atoms with Crippen LogP contribution in [0.4, 0.5) is 0 Å².